The number of thiophene rings is 1. The standard InChI is InChI=1S/C39H23N3S/c1-2-12-25(13-3-1)37-40-38(31-18-10-20-34-36(31)30-17-8-9-19-33(30)43-34)42-39(41-37)32-23-26-22-21-24-11-4-5-14-27(24)35(26)29-16-7-6-15-28(29)32/h1-23H. The molecule has 0 spiro atoms. The number of nitrogens with zero attached hydrogens (tertiary/aromatic N) is 3. The molecule has 0 fully saturated rings. The summed E-state index contributed by atoms with van der Waals surface area (Å²) < 4.78 is 2.49. The molecule has 0 atom stereocenters. The van der Waals surface area contributed by atoms with Gasteiger partial charge in [-0.05, 0) is 50.5 Å². The van der Waals surface area contributed by atoms with Crippen LogP contribution in [-0.4, -0.2) is 15.0 Å². The van der Waals surface area contributed by atoms with E-state index < -0.39 is 0 Å². The van der Waals surface area contributed by atoms with E-state index in [2.05, 4.69) is 121 Å². The van der Waals surface area contributed by atoms with Crippen LogP contribution in [0.25, 0.3) is 86.7 Å². The van der Waals surface area contributed by atoms with E-state index in [1.54, 1.807) is 11.3 Å². The Morgan fingerprint density at radius 1 is 0.372 bits per heavy atom. The molecule has 0 N–H and O–H groups in total. The second kappa shape index (κ2) is 9.55. The van der Waals surface area contributed by atoms with E-state index in [4.69, 9.17) is 15.0 Å². The van der Waals surface area contributed by atoms with E-state index in [0.29, 0.717) is 17.5 Å². The van der Waals surface area contributed by atoms with E-state index in [-0.39, 0.29) is 0 Å². The fourth-order valence-electron chi connectivity index (χ4n) is 6.36. The molecule has 0 radical (unpaired) electrons. The van der Waals surface area contributed by atoms with Crippen molar-refractivity contribution < 1.29 is 0 Å². The Morgan fingerprint density at radius 3 is 1.86 bits per heavy atom. The van der Waals surface area contributed by atoms with Gasteiger partial charge in [-0.15, -0.1) is 11.3 Å². The molecule has 7 aromatic carbocycles. The number of fused-ring (bicyclic) bond motifs is 8. The fourth-order valence-corrected chi connectivity index (χ4v) is 7.49. The van der Waals surface area contributed by atoms with Crippen molar-refractivity contribution in [3.63, 3.8) is 0 Å². The van der Waals surface area contributed by atoms with Gasteiger partial charge in [-0.25, -0.2) is 15.0 Å². The molecular formula is C39H23N3S. The number of hydrogen-bond acceptors (Lipinski definition) is 4. The predicted molar refractivity (Wildman–Crippen MR) is 182 cm³/mol. The van der Waals surface area contributed by atoms with Gasteiger partial charge in [0, 0.05) is 36.9 Å². The van der Waals surface area contributed by atoms with Gasteiger partial charge in [-0.3, -0.25) is 0 Å². The molecule has 4 heteroatoms. The zero-order valence-electron chi connectivity index (χ0n) is 23.0. The number of hydrogen-bond donors (Lipinski definition) is 0. The average molecular weight is 566 g/mol. The monoisotopic (exact) mass is 565 g/mol. The lowest BCUT2D eigenvalue weighted by Gasteiger charge is -2.14. The van der Waals surface area contributed by atoms with Crippen LogP contribution in [0.3, 0.4) is 0 Å². The molecule has 0 bridgehead atoms. The molecule has 0 aliphatic heterocycles. The first-order valence-electron chi connectivity index (χ1n) is 14.4. The van der Waals surface area contributed by atoms with Gasteiger partial charge in [0.05, 0.1) is 0 Å². The fraction of sp³-hybridized carbons (Fsp3) is 0. The first-order valence-corrected chi connectivity index (χ1v) is 15.2. The van der Waals surface area contributed by atoms with Gasteiger partial charge in [0.2, 0.25) is 0 Å². The van der Waals surface area contributed by atoms with Crippen LogP contribution in [0.4, 0.5) is 0 Å². The molecule has 0 aliphatic rings. The molecule has 2 aromatic heterocycles. The topological polar surface area (TPSA) is 38.7 Å². The molecular weight excluding hydrogens is 543 g/mol. The van der Waals surface area contributed by atoms with E-state index in [9.17, 15) is 0 Å². The van der Waals surface area contributed by atoms with Crippen molar-refractivity contribution >= 4 is 63.8 Å². The highest BCUT2D eigenvalue weighted by molar-refractivity contribution is 7.25. The zero-order chi connectivity index (χ0) is 28.3. The third kappa shape index (κ3) is 3.84. The molecule has 43 heavy (non-hydrogen) atoms. The lowest BCUT2D eigenvalue weighted by Crippen LogP contribution is -2.01. The second-order valence-corrected chi connectivity index (χ2v) is 11.9. The van der Waals surface area contributed by atoms with Crippen molar-refractivity contribution in [1.29, 1.82) is 0 Å². The molecule has 200 valence electrons. The van der Waals surface area contributed by atoms with Crippen molar-refractivity contribution in [2.45, 2.75) is 0 Å². The third-order valence-corrected chi connectivity index (χ3v) is 9.44. The first-order chi connectivity index (χ1) is 21.3. The van der Waals surface area contributed by atoms with Crippen LogP contribution in [0, 0.1) is 0 Å². The molecule has 9 aromatic rings. The van der Waals surface area contributed by atoms with Gasteiger partial charge >= 0.3 is 0 Å². The van der Waals surface area contributed by atoms with Gasteiger partial charge in [0.15, 0.2) is 17.5 Å². The molecule has 0 aliphatic carbocycles. The number of aromatic nitrogens is 3. The lowest BCUT2D eigenvalue weighted by molar-refractivity contribution is 1.08. The van der Waals surface area contributed by atoms with E-state index >= 15 is 0 Å². The summed E-state index contributed by atoms with van der Waals surface area (Å²) in [7, 11) is 0. The van der Waals surface area contributed by atoms with Crippen molar-refractivity contribution in [3.8, 4) is 34.2 Å². The zero-order valence-corrected chi connectivity index (χ0v) is 23.8. The molecule has 0 saturated heterocycles. The Bertz CT molecular complexity index is 2510. The van der Waals surface area contributed by atoms with Crippen molar-refractivity contribution in [1.82, 2.24) is 15.0 Å². The van der Waals surface area contributed by atoms with Crippen LogP contribution >= 0.6 is 11.3 Å². The summed E-state index contributed by atoms with van der Waals surface area (Å²) in [5, 5.41) is 9.64. The molecule has 0 amide bonds. The predicted octanol–water partition coefficient (Wildman–Crippen LogP) is 10.7. The van der Waals surface area contributed by atoms with E-state index in [1.165, 1.54) is 47.1 Å². The maximum Gasteiger partial charge on any atom is 0.164 e. The van der Waals surface area contributed by atoms with Gasteiger partial charge < -0.3 is 0 Å². The normalized spacial score (nSPS) is 11.7. The molecule has 0 unspecified atom stereocenters. The Hall–Kier alpha value is -5.45. The van der Waals surface area contributed by atoms with E-state index in [1.807, 2.05) is 18.2 Å². The van der Waals surface area contributed by atoms with Gasteiger partial charge in [-0.1, -0.05) is 121 Å². The Morgan fingerprint density at radius 2 is 1.00 bits per heavy atom. The minimum absolute atomic E-state index is 0.667. The Kier molecular flexibility index (Phi) is 5.37. The van der Waals surface area contributed by atoms with Crippen LogP contribution in [0.15, 0.2) is 140 Å². The summed E-state index contributed by atoms with van der Waals surface area (Å²) in [6, 6.07) is 49.1. The molecule has 3 nitrogen and oxygen atoms in total. The number of benzene rings is 7. The largest absolute Gasteiger partial charge is 0.208 e. The highest BCUT2D eigenvalue weighted by Crippen LogP contribution is 2.41. The maximum atomic E-state index is 5.24. The van der Waals surface area contributed by atoms with Crippen molar-refractivity contribution in [2.24, 2.45) is 0 Å². The van der Waals surface area contributed by atoms with Crippen LogP contribution in [0.2, 0.25) is 0 Å². The summed E-state index contributed by atoms with van der Waals surface area (Å²) in [5.74, 6) is 2.02. The minimum Gasteiger partial charge on any atom is -0.208 e. The second-order valence-electron chi connectivity index (χ2n) is 10.8. The van der Waals surface area contributed by atoms with Crippen LogP contribution in [0.5, 0.6) is 0 Å². The van der Waals surface area contributed by atoms with Gasteiger partial charge in [-0.2, -0.15) is 0 Å². The van der Waals surface area contributed by atoms with Crippen LogP contribution < -0.4 is 0 Å². The highest BCUT2D eigenvalue weighted by atomic mass is 32.1. The Balaban J connectivity index is 1.38. The number of rotatable bonds is 3. The molecule has 2 heterocycles. The Labute approximate surface area is 251 Å². The third-order valence-electron chi connectivity index (χ3n) is 8.30. The molecule has 9 rings (SSSR count). The SMILES string of the molecule is c1ccc(-c2nc(-c3cc4ccc5ccccc5c4c4ccccc34)nc(-c3cccc4sc5ccccc5c34)n2)cc1. The van der Waals surface area contributed by atoms with Crippen molar-refractivity contribution in [2.75, 3.05) is 0 Å². The molecule has 0 saturated carbocycles. The quantitative estimate of drug-likeness (QED) is 0.200. The summed E-state index contributed by atoms with van der Waals surface area (Å²) >= 11 is 1.80. The van der Waals surface area contributed by atoms with E-state index in [0.717, 1.165) is 22.1 Å². The summed E-state index contributed by atoms with van der Waals surface area (Å²) in [6.45, 7) is 0. The van der Waals surface area contributed by atoms with Crippen LogP contribution in [-0.2, 0) is 0 Å². The first kappa shape index (κ1) is 24.2. The van der Waals surface area contributed by atoms with Crippen LogP contribution in [0.1, 0.15) is 0 Å². The van der Waals surface area contributed by atoms with Gasteiger partial charge in [0.1, 0.15) is 0 Å². The summed E-state index contributed by atoms with van der Waals surface area (Å²) in [5.41, 5.74) is 2.99. The lowest BCUT2D eigenvalue weighted by atomic mass is 9.93. The smallest absolute Gasteiger partial charge is 0.164 e. The van der Waals surface area contributed by atoms with Gasteiger partial charge in [0.25, 0.3) is 0 Å². The highest BCUT2D eigenvalue weighted by Gasteiger charge is 2.19. The maximum absolute atomic E-state index is 5.24. The van der Waals surface area contributed by atoms with Crippen molar-refractivity contribution in [3.05, 3.63) is 140 Å². The average Bonchev–Trinajstić information content (AvgIpc) is 3.47. The minimum atomic E-state index is 0.667. The summed E-state index contributed by atoms with van der Waals surface area (Å²) in [6.07, 6.45) is 0. The summed E-state index contributed by atoms with van der Waals surface area (Å²) in [4.78, 5) is 15.5.